The quantitative estimate of drug-likeness (QED) is 0.914. The predicted molar refractivity (Wildman–Crippen MR) is 91.0 cm³/mol. The van der Waals surface area contributed by atoms with Crippen molar-refractivity contribution in [3.63, 3.8) is 0 Å². The maximum absolute atomic E-state index is 5.39. The molecule has 0 radical (unpaired) electrons. The molecule has 116 valence electrons. The Balaban J connectivity index is 1.51. The van der Waals surface area contributed by atoms with E-state index in [1.54, 1.807) is 0 Å². The maximum atomic E-state index is 5.39. The van der Waals surface area contributed by atoms with Gasteiger partial charge in [-0.15, -0.1) is 0 Å². The Labute approximate surface area is 132 Å². The van der Waals surface area contributed by atoms with Gasteiger partial charge in [-0.25, -0.2) is 0 Å². The van der Waals surface area contributed by atoms with Gasteiger partial charge in [0.25, 0.3) is 0 Å². The van der Waals surface area contributed by atoms with Crippen LogP contribution in [0.25, 0.3) is 0 Å². The summed E-state index contributed by atoms with van der Waals surface area (Å²) in [5.74, 6) is 0. The summed E-state index contributed by atoms with van der Waals surface area (Å²) in [4.78, 5) is 2.44. The molecule has 0 amide bonds. The molecular formula is C19H24N2O. The number of nitrogens with one attached hydrogen (secondary N) is 1. The zero-order chi connectivity index (χ0) is 15.2. The summed E-state index contributed by atoms with van der Waals surface area (Å²) in [6, 6.07) is 17.4. The van der Waals surface area contributed by atoms with Crippen LogP contribution < -0.4 is 5.32 Å². The highest BCUT2D eigenvalue weighted by molar-refractivity contribution is 5.45. The second-order valence-electron chi connectivity index (χ2n) is 5.92. The van der Waals surface area contributed by atoms with Crippen LogP contribution in [0.15, 0.2) is 48.5 Å². The van der Waals surface area contributed by atoms with Gasteiger partial charge in [-0.3, -0.25) is 4.90 Å². The summed E-state index contributed by atoms with van der Waals surface area (Å²) in [7, 11) is 0. The number of benzene rings is 2. The lowest BCUT2D eigenvalue weighted by molar-refractivity contribution is 0.0342. The van der Waals surface area contributed by atoms with Crippen molar-refractivity contribution >= 4 is 5.69 Å². The number of hydrogen-bond acceptors (Lipinski definition) is 3. The highest BCUT2D eigenvalue weighted by atomic mass is 16.5. The lowest BCUT2D eigenvalue weighted by Crippen LogP contribution is -2.35. The monoisotopic (exact) mass is 296 g/mol. The van der Waals surface area contributed by atoms with Crippen LogP contribution in [-0.2, 0) is 17.8 Å². The van der Waals surface area contributed by atoms with E-state index < -0.39 is 0 Å². The molecule has 0 atom stereocenters. The highest BCUT2D eigenvalue weighted by Crippen LogP contribution is 2.14. The van der Waals surface area contributed by atoms with E-state index in [1.807, 2.05) is 0 Å². The highest BCUT2D eigenvalue weighted by Gasteiger charge is 2.10. The van der Waals surface area contributed by atoms with Crippen molar-refractivity contribution in [3.05, 3.63) is 65.2 Å². The van der Waals surface area contributed by atoms with Crippen LogP contribution in [0, 0.1) is 6.92 Å². The van der Waals surface area contributed by atoms with E-state index in [-0.39, 0.29) is 0 Å². The molecule has 1 N–H and O–H groups in total. The fourth-order valence-corrected chi connectivity index (χ4v) is 2.66. The largest absolute Gasteiger partial charge is 0.381 e. The van der Waals surface area contributed by atoms with Crippen LogP contribution in [0.1, 0.15) is 16.7 Å². The number of nitrogens with zero attached hydrogens (tertiary/aromatic N) is 1. The number of morpholine rings is 1. The molecule has 1 saturated heterocycles. The molecule has 0 aromatic heterocycles. The maximum Gasteiger partial charge on any atom is 0.0594 e. The fraction of sp³-hybridized carbons (Fsp3) is 0.368. The van der Waals surface area contributed by atoms with Gasteiger partial charge in [0.1, 0.15) is 0 Å². The third-order valence-electron chi connectivity index (χ3n) is 4.08. The minimum atomic E-state index is 0.857. The molecule has 2 aromatic carbocycles. The van der Waals surface area contributed by atoms with Crippen molar-refractivity contribution in [3.8, 4) is 0 Å². The molecule has 3 nitrogen and oxygen atoms in total. The summed E-state index contributed by atoms with van der Waals surface area (Å²) in [6.45, 7) is 7.78. The Morgan fingerprint density at radius 1 is 0.909 bits per heavy atom. The van der Waals surface area contributed by atoms with Gasteiger partial charge in [0, 0.05) is 31.9 Å². The molecular weight excluding hydrogens is 272 g/mol. The molecule has 3 rings (SSSR count). The average Bonchev–Trinajstić information content (AvgIpc) is 2.57. The Bertz CT molecular complexity index is 571. The van der Waals surface area contributed by atoms with E-state index in [0.717, 1.165) is 39.4 Å². The first-order valence-electron chi connectivity index (χ1n) is 7.98. The van der Waals surface area contributed by atoms with Gasteiger partial charge in [-0.2, -0.15) is 0 Å². The van der Waals surface area contributed by atoms with Crippen molar-refractivity contribution in [2.45, 2.75) is 20.0 Å². The Morgan fingerprint density at radius 3 is 2.23 bits per heavy atom. The van der Waals surface area contributed by atoms with E-state index in [2.05, 4.69) is 65.7 Å². The minimum absolute atomic E-state index is 0.857. The van der Waals surface area contributed by atoms with Gasteiger partial charge in [0.05, 0.1) is 13.2 Å². The normalized spacial score (nSPS) is 15.7. The van der Waals surface area contributed by atoms with Crippen LogP contribution in [0.5, 0.6) is 0 Å². The predicted octanol–water partition coefficient (Wildman–Crippen LogP) is 3.44. The molecule has 0 saturated carbocycles. The molecule has 0 aliphatic carbocycles. The van der Waals surface area contributed by atoms with Crippen LogP contribution in [0.3, 0.4) is 0 Å². The van der Waals surface area contributed by atoms with Crippen LogP contribution in [-0.4, -0.2) is 31.2 Å². The number of rotatable bonds is 5. The number of hydrogen-bond donors (Lipinski definition) is 1. The first-order chi connectivity index (χ1) is 10.8. The number of aryl methyl sites for hydroxylation is 1. The summed E-state index contributed by atoms with van der Waals surface area (Å²) in [5, 5.41) is 3.48. The van der Waals surface area contributed by atoms with E-state index in [4.69, 9.17) is 4.74 Å². The number of anilines is 1. The second-order valence-corrected chi connectivity index (χ2v) is 5.92. The lowest BCUT2D eigenvalue weighted by atomic mass is 10.1. The molecule has 2 aromatic rings. The fourth-order valence-electron chi connectivity index (χ4n) is 2.66. The topological polar surface area (TPSA) is 24.5 Å². The van der Waals surface area contributed by atoms with Crippen molar-refractivity contribution in [1.29, 1.82) is 0 Å². The van der Waals surface area contributed by atoms with Crippen LogP contribution in [0.4, 0.5) is 5.69 Å². The molecule has 1 heterocycles. The Kier molecular flexibility index (Phi) is 5.09. The molecule has 1 aliphatic heterocycles. The Hall–Kier alpha value is -1.84. The van der Waals surface area contributed by atoms with Crippen molar-refractivity contribution in [1.82, 2.24) is 4.90 Å². The summed E-state index contributed by atoms with van der Waals surface area (Å²) < 4.78 is 5.39. The standard InChI is InChI=1S/C19H24N2O/c1-16-2-4-17(5-3-16)14-20-19-8-6-18(7-9-19)15-21-10-12-22-13-11-21/h2-9,20H,10-15H2,1H3. The molecule has 22 heavy (non-hydrogen) atoms. The first-order valence-corrected chi connectivity index (χ1v) is 7.98. The molecule has 1 aliphatic rings. The zero-order valence-electron chi connectivity index (χ0n) is 13.2. The Morgan fingerprint density at radius 2 is 1.55 bits per heavy atom. The van der Waals surface area contributed by atoms with Gasteiger partial charge in [-0.05, 0) is 30.2 Å². The zero-order valence-corrected chi connectivity index (χ0v) is 13.2. The van der Waals surface area contributed by atoms with E-state index in [1.165, 1.54) is 22.4 Å². The molecule has 0 unspecified atom stereocenters. The molecule has 0 bridgehead atoms. The van der Waals surface area contributed by atoms with Gasteiger partial charge >= 0.3 is 0 Å². The summed E-state index contributed by atoms with van der Waals surface area (Å²) in [5.41, 5.74) is 5.15. The first kappa shape index (κ1) is 15.1. The van der Waals surface area contributed by atoms with Gasteiger partial charge in [0.15, 0.2) is 0 Å². The third kappa shape index (κ3) is 4.33. The van der Waals surface area contributed by atoms with E-state index >= 15 is 0 Å². The van der Waals surface area contributed by atoms with E-state index in [0.29, 0.717) is 0 Å². The van der Waals surface area contributed by atoms with Crippen LogP contribution >= 0.6 is 0 Å². The van der Waals surface area contributed by atoms with Crippen molar-refractivity contribution in [2.24, 2.45) is 0 Å². The number of ether oxygens (including phenoxy) is 1. The minimum Gasteiger partial charge on any atom is -0.381 e. The lowest BCUT2D eigenvalue weighted by Gasteiger charge is -2.26. The van der Waals surface area contributed by atoms with Crippen molar-refractivity contribution < 1.29 is 4.74 Å². The summed E-state index contributed by atoms with van der Waals surface area (Å²) >= 11 is 0. The SMILES string of the molecule is Cc1ccc(CNc2ccc(CN3CCOCC3)cc2)cc1. The van der Waals surface area contributed by atoms with Gasteiger partial charge < -0.3 is 10.1 Å². The van der Waals surface area contributed by atoms with Crippen molar-refractivity contribution in [2.75, 3.05) is 31.6 Å². The summed E-state index contributed by atoms with van der Waals surface area (Å²) in [6.07, 6.45) is 0. The molecule has 1 fully saturated rings. The van der Waals surface area contributed by atoms with Gasteiger partial charge in [0.2, 0.25) is 0 Å². The molecule has 3 heteroatoms. The van der Waals surface area contributed by atoms with E-state index in [9.17, 15) is 0 Å². The van der Waals surface area contributed by atoms with Crippen LogP contribution in [0.2, 0.25) is 0 Å². The smallest absolute Gasteiger partial charge is 0.0594 e. The molecule has 0 spiro atoms. The third-order valence-corrected chi connectivity index (χ3v) is 4.08. The average molecular weight is 296 g/mol. The van der Waals surface area contributed by atoms with Gasteiger partial charge in [-0.1, -0.05) is 42.0 Å². The second kappa shape index (κ2) is 7.43.